The lowest BCUT2D eigenvalue weighted by Gasteiger charge is -2.23. The third kappa shape index (κ3) is 42.0. The molecule has 0 spiro atoms. The van der Waals surface area contributed by atoms with Gasteiger partial charge in [-0.05, 0) is 70.3 Å². The molecule has 3 heteroatoms. The third-order valence-electron chi connectivity index (χ3n) is 15.7. The molecule has 1 aromatic heterocycles. The zero-order chi connectivity index (χ0) is 51.2. The standard InChI is InChI=1S/C65H126N.C2H4O2/c1-7-13-19-25-31-37-43-49-55-61-62(56-50-44-38-32-26-20-14-8-2)64(58-52-46-40-34-28-22-16-10-4)66(60-54-48-42-36-30-24-18-12-6)65(59-53-47-41-35-29-23-17-11-5)63(61)57-51-45-39-33-27-21-15-9-3;1-2(3)4/h7-60H2,1-6H3;1H3,(H,3,4)/q+1;/p-1. The van der Waals surface area contributed by atoms with Crippen LogP contribution in [0.15, 0.2) is 0 Å². The van der Waals surface area contributed by atoms with Crippen molar-refractivity contribution < 1.29 is 14.5 Å². The summed E-state index contributed by atoms with van der Waals surface area (Å²) in [5.41, 5.74) is 9.44. The highest BCUT2D eigenvalue weighted by molar-refractivity contribution is 5.60. The number of carboxylic acid groups (broad SMARTS) is 1. The normalized spacial score (nSPS) is 11.4. The van der Waals surface area contributed by atoms with E-state index in [2.05, 4.69) is 46.1 Å². The van der Waals surface area contributed by atoms with E-state index in [-0.39, 0.29) is 0 Å². The van der Waals surface area contributed by atoms with Crippen LogP contribution in [0.2, 0.25) is 0 Å². The molecule has 0 aliphatic rings. The maximum absolute atomic E-state index is 8.89. The number of aromatic nitrogens is 1. The van der Waals surface area contributed by atoms with Crippen molar-refractivity contribution in [3.05, 3.63) is 28.1 Å². The van der Waals surface area contributed by atoms with Gasteiger partial charge >= 0.3 is 0 Å². The molecular weight excluding hydrogens is 851 g/mol. The van der Waals surface area contributed by atoms with E-state index in [9.17, 15) is 0 Å². The van der Waals surface area contributed by atoms with Crippen LogP contribution < -0.4 is 9.67 Å². The Hall–Kier alpha value is -1.38. The fourth-order valence-corrected chi connectivity index (χ4v) is 11.3. The Morgan fingerprint density at radius 2 is 0.443 bits per heavy atom. The van der Waals surface area contributed by atoms with Crippen molar-refractivity contribution in [2.45, 2.75) is 395 Å². The lowest BCUT2D eigenvalue weighted by molar-refractivity contribution is -0.712. The Morgan fingerprint density at radius 1 is 0.271 bits per heavy atom. The first kappa shape index (κ1) is 68.6. The average Bonchev–Trinajstić information content (AvgIpc) is 3.35. The number of aliphatic carboxylic acids is 1. The lowest BCUT2D eigenvalue weighted by Crippen LogP contribution is -2.46. The second kappa shape index (κ2) is 55.4. The Labute approximate surface area is 441 Å². The lowest BCUT2D eigenvalue weighted by atomic mass is 9.85. The number of hydrogen-bond donors (Lipinski definition) is 0. The van der Waals surface area contributed by atoms with E-state index < -0.39 is 5.97 Å². The zero-order valence-electron chi connectivity index (χ0n) is 49.4. The summed E-state index contributed by atoms with van der Waals surface area (Å²) in [5.74, 6) is -1.08. The second-order valence-corrected chi connectivity index (χ2v) is 22.6. The monoisotopic (exact) mass is 980 g/mol. The van der Waals surface area contributed by atoms with Gasteiger partial charge in [0, 0.05) is 36.4 Å². The number of hydrogen-bond acceptors (Lipinski definition) is 2. The van der Waals surface area contributed by atoms with Crippen LogP contribution in [0, 0.1) is 0 Å². The highest BCUT2D eigenvalue weighted by Gasteiger charge is 2.29. The molecule has 0 fully saturated rings. The van der Waals surface area contributed by atoms with Crippen molar-refractivity contribution in [2.24, 2.45) is 0 Å². The van der Waals surface area contributed by atoms with Gasteiger partial charge in [0.15, 0.2) is 11.4 Å². The maximum atomic E-state index is 8.89. The van der Waals surface area contributed by atoms with Crippen LogP contribution in [0.5, 0.6) is 0 Å². The summed E-state index contributed by atoms with van der Waals surface area (Å²) in [5, 5.41) is 8.89. The molecule has 3 nitrogen and oxygen atoms in total. The van der Waals surface area contributed by atoms with Crippen molar-refractivity contribution in [1.29, 1.82) is 0 Å². The first-order valence-electron chi connectivity index (χ1n) is 32.7. The topological polar surface area (TPSA) is 44.0 Å². The summed E-state index contributed by atoms with van der Waals surface area (Å²) < 4.78 is 3.12. The third-order valence-corrected chi connectivity index (χ3v) is 15.7. The molecule has 0 amide bonds. The number of unbranched alkanes of at least 4 members (excludes halogenated alkanes) is 42. The van der Waals surface area contributed by atoms with Crippen LogP contribution >= 0.6 is 0 Å². The van der Waals surface area contributed by atoms with Crippen molar-refractivity contribution >= 4 is 5.97 Å². The number of pyridine rings is 1. The van der Waals surface area contributed by atoms with Gasteiger partial charge < -0.3 is 9.90 Å². The predicted molar refractivity (Wildman–Crippen MR) is 311 cm³/mol. The first-order valence-corrected chi connectivity index (χ1v) is 32.7. The molecule has 0 bridgehead atoms. The fourth-order valence-electron chi connectivity index (χ4n) is 11.3. The minimum absolute atomic E-state index is 0.972. The molecule has 1 rings (SSSR count). The molecular formula is C67H129NO2. The Kier molecular flexibility index (Phi) is 54.3. The molecule has 0 aliphatic heterocycles. The van der Waals surface area contributed by atoms with E-state index in [4.69, 9.17) is 9.90 Å². The number of nitrogens with zero attached hydrogens (tertiary/aromatic N) is 1. The van der Waals surface area contributed by atoms with Gasteiger partial charge in [-0.3, -0.25) is 0 Å². The van der Waals surface area contributed by atoms with Gasteiger partial charge in [-0.1, -0.05) is 305 Å². The SMILES string of the molecule is CC(=O)[O-].CCCCCCCCCCc1c(CCCCCCCCCC)c(CCCCCCCCCC)[n+](CCCCCCCCCC)c(CCCCCCCCCC)c1CCCCCCCCCC. The summed E-state index contributed by atoms with van der Waals surface area (Å²) >= 11 is 0. The average molecular weight is 981 g/mol. The molecule has 0 aromatic carbocycles. The minimum Gasteiger partial charge on any atom is -0.550 e. The Balaban J connectivity index is 0.0000114. The van der Waals surface area contributed by atoms with Crippen molar-refractivity contribution in [2.75, 3.05) is 0 Å². The van der Waals surface area contributed by atoms with Crippen LogP contribution in [0.25, 0.3) is 0 Å². The van der Waals surface area contributed by atoms with Crippen molar-refractivity contribution in [3.63, 3.8) is 0 Å². The van der Waals surface area contributed by atoms with E-state index in [1.165, 1.54) is 347 Å². The molecule has 414 valence electrons. The van der Waals surface area contributed by atoms with E-state index in [1.807, 2.05) is 28.1 Å². The number of carbonyl (C=O) groups is 1. The molecule has 0 atom stereocenters. The van der Waals surface area contributed by atoms with Gasteiger partial charge in [-0.15, -0.1) is 0 Å². The van der Waals surface area contributed by atoms with Gasteiger partial charge in [-0.25, -0.2) is 0 Å². The van der Waals surface area contributed by atoms with Gasteiger partial charge in [0.1, 0.15) is 6.54 Å². The fraction of sp³-hybridized carbons (Fsp3) is 0.910. The van der Waals surface area contributed by atoms with Crippen LogP contribution in [0.3, 0.4) is 0 Å². The molecule has 70 heavy (non-hydrogen) atoms. The minimum atomic E-state index is -1.08. The molecule has 0 saturated heterocycles. The van der Waals surface area contributed by atoms with Crippen LogP contribution in [-0.4, -0.2) is 5.97 Å². The second-order valence-electron chi connectivity index (χ2n) is 22.6. The number of rotatable bonds is 54. The summed E-state index contributed by atoms with van der Waals surface area (Å²) in [6, 6.07) is 0. The molecule has 0 aliphatic carbocycles. The van der Waals surface area contributed by atoms with Crippen LogP contribution in [0.1, 0.15) is 385 Å². The van der Waals surface area contributed by atoms with Crippen molar-refractivity contribution in [3.8, 4) is 0 Å². The number of carboxylic acids is 1. The van der Waals surface area contributed by atoms with Gasteiger partial charge in [0.25, 0.3) is 0 Å². The highest BCUT2D eigenvalue weighted by atomic mass is 16.4. The van der Waals surface area contributed by atoms with Crippen LogP contribution in [-0.2, 0) is 43.4 Å². The Morgan fingerprint density at radius 3 is 0.671 bits per heavy atom. The smallest absolute Gasteiger partial charge is 0.185 e. The summed E-state index contributed by atoms with van der Waals surface area (Å²) in [6.07, 6.45) is 75.3. The summed E-state index contributed by atoms with van der Waals surface area (Å²) in [7, 11) is 0. The van der Waals surface area contributed by atoms with Gasteiger partial charge in [0.2, 0.25) is 0 Å². The quantitative estimate of drug-likeness (QED) is 0.0482. The molecule has 1 heterocycles. The van der Waals surface area contributed by atoms with Crippen molar-refractivity contribution in [1.82, 2.24) is 0 Å². The van der Waals surface area contributed by atoms with Gasteiger partial charge in [0.05, 0.1) is 0 Å². The van der Waals surface area contributed by atoms with Crippen LogP contribution in [0.4, 0.5) is 0 Å². The number of carbonyl (C=O) groups excluding carboxylic acids is 1. The van der Waals surface area contributed by atoms with E-state index in [0.29, 0.717) is 0 Å². The largest absolute Gasteiger partial charge is 0.550 e. The zero-order valence-corrected chi connectivity index (χ0v) is 49.4. The van der Waals surface area contributed by atoms with E-state index >= 15 is 0 Å². The van der Waals surface area contributed by atoms with E-state index in [0.717, 1.165) is 6.92 Å². The summed E-state index contributed by atoms with van der Waals surface area (Å²) in [4.78, 5) is 8.89. The Bertz CT molecular complexity index is 973. The molecule has 0 saturated carbocycles. The predicted octanol–water partition coefficient (Wildman–Crippen LogP) is 21.3. The summed E-state index contributed by atoms with van der Waals surface area (Å²) in [6.45, 7) is 16.4. The molecule has 0 unspecified atom stereocenters. The maximum Gasteiger partial charge on any atom is 0.185 e. The first-order chi connectivity index (χ1) is 34.4. The highest BCUT2D eigenvalue weighted by Crippen LogP contribution is 2.30. The van der Waals surface area contributed by atoms with Gasteiger partial charge in [-0.2, -0.15) is 4.57 Å². The van der Waals surface area contributed by atoms with E-state index in [1.54, 1.807) is 0 Å². The molecule has 0 radical (unpaired) electrons. The molecule has 1 aromatic rings. The molecule has 0 N–H and O–H groups in total.